The van der Waals surface area contributed by atoms with Gasteiger partial charge < -0.3 is 14.6 Å². The monoisotopic (exact) mass is 941 g/mol. The molecule has 0 spiro atoms. The molecule has 0 saturated heterocycles. The molecule has 0 aliphatic carbocycles. The Morgan fingerprint density at radius 1 is 0.338 bits per heavy atom. The highest BCUT2D eigenvalue weighted by Gasteiger charge is 2.16. The summed E-state index contributed by atoms with van der Waals surface area (Å²) < 4.78 is 10.7. The summed E-state index contributed by atoms with van der Waals surface area (Å²) in [6, 6.07) is 0. The van der Waals surface area contributed by atoms with Crippen molar-refractivity contribution in [3.63, 3.8) is 0 Å². The molecular formula is C63H104O5. The maximum Gasteiger partial charge on any atom is 0.306 e. The first-order valence-electron chi connectivity index (χ1n) is 28.1. The molecule has 0 rings (SSSR count). The third kappa shape index (κ3) is 54.9. The van der Waals surface area contributed by atoms with Crippen LogP contribution in [0.15, 0.2) is 122 Å². The maximum absolute atomic E-state index is 12.3. The number of hydrogen-bond donors (Lipinski definition) is 1. The number of unbranched alkanes of at least 4 members (excludes halogenated alkanes) is 22. The van der Waals surface area contributed by atoms with Crippen LogP contribution in [0.1, 0.15) is 245 Å². The molecule has 5 heteroatoms. The lowest BCUT2D eigenvalue weighted by molar-refractivity contribution is -0.161. The van der Waals surface area contributed by atoms with Crippen molar-refractivity contribution in [3.05, 3.63) is 122 Å². The topological polar surface area (TPSA) is 72.8 Å². The van der Waals surface area contributed by atoms with Gasteiger partial charge in [-0.25, -0.2) is 0 Å². The molecule has 386 valence electrons. The summed E-state index contributed by atoms with van der Waals surface area (Å²) in [5, 5.41) is 9.65. The minimum atomic E-state index is -0.785. The van der Waals surface area contributed by atoms with E-state index in [2.05, 4.69) is 135 Å². The van der Waals surface area contributed by atoms with Crippen molar-refractivity contribution in [2.45, 2.75) is 251 Å². The van der Waals surface area contributed by atoms with E-state index in [1.807, 2.05) is 0 Å². The molecule has 0 aliphatic rings. The van der Waals surface area contributed by atoms with E-state index in [1.54, 1.807) is 0 Å². The molecule has 0 aromatic carbocycles. The normalized spacial score (nSPS) is 13.2. The first-order chi connectivity index (χ1) is 33.6. The Morgan fingerprint density at radius 3 is 0.882 bits per heavy atom. The summed E-state index contributed by atoms with van der Waals surface area (Å²) in [5.41, 5.74) is 0. The van der Waals surface area contributed by atoms with Gasteiger partial charge in [0, 0.05) is 12.8 Å². The Balaban J connectivity index is 3.52. The smallest absolute Gasteiger partial charge is 0.306 e. The molecule has 0 bridgehead atoms. The molecule has 1 unspecified atom stereocenters. The van der Waals surface area contributed by atoms with Gasteiger partial charge in [-0.15, -0.1) is 0 Å². The van der Waals surface area contributed by atoms with Crippen LogP contribution in [-0.2, 0) is 19.1 Å². The third-order valence-electron chi connectivity index (χ3n) is 11.8. The van der Waals surface area contributed by atoms with Gasteiger partial charge in [0.05, 0.1) is 6.61 Å². The molecule has 0 aliphatic heterocycles. The first kappa shape index (κ1) is 64.3. The predicted molar refractivity (Wildman–Crippen MR) is 297 cm³/mol. The molecular weight excluding hydrogens is 837 g/mol. The molecule has 0 aromatic rings. The third-order valence-corrected chi connectivity index (χ3v) is 11.8. The molecule has 0 amide bonds. The van der Waals surface area contributed by atoms with Crippen molar-refractivity contribution >= 4 is 11.9 Å². The average molecular weight is 942 g/mol. The van der Waals surface area contributed by atoms with Crippen molar-refractivity contribution in [1.29, 1.82) is 0 Å². The van der Waals surface area contributed by atoms with E-state index in [1.165, 1.54) is 109 Å². The molecule has 0 radical (unpaired) electrons. The van der Waals surface area contributed by atoms with Gasteiger partial charge in [0.2, 0.25) is 0 Å². The molecule has 0 saturated carbocycles. The van der Waals surface area contributed by atoms with Gasteiger partial charge in [-0.05, 0) is 103 Å². The van der Waals surface area contributed by atoms with Crippen molar-refractivity contribution < 1.29 is 24.2 Å². The number of carbonyl (C=O) groups excluding carboxylic acids is 2. The van der Waals surface area contributed by atoms with Gasteiger partial charge in [-0.2, -0.15) is 0 Å². The molecule has 0 heterocycles. The van der Waals surface area contributed by atoms with Crippen LogP contribution in [0, 0.1) is 0 Å². The van der Waals surface area contributed by atoms with E-state index in [0.29, 0.717) is 12.8 Å². The fourth-order valence-electron chi connectivity index (χ4n) is 7.61. The SMILES string of the molecule is CC/C=C\C/C=C\C/C=C\C/C=C\C/C=C\C/C=C\CCCCCCCCCCCCCCCCCCC(=O)OC(CO)COC(=O)CCCCCCCC/C=C\C/C=C\C/C=C\C/C=C\CC. The number of aliphatic hydroxyl groups is 1. The predicted octanol–water partition coefficient (Wildman–Crippen LogP) is 19.1. The summed E-state index contributed by atoms with van der Waals surface area (Å²) >= 11 is 0. The van der Waals surface area contributed by atoms with Gasteiger partial charge >= 0.3 is 11.9 Å². The zero-order chi connectivity index (χ0) is 49.2. The zero-order valence-corrected chi connectivity index (χ0v) is 44.1. The highest BCUT2D eigenvalue weighted by Crippen LogP contribution is 2.15. The van der Waals surface area contributed by atoms with E-state index in [9.17, 15) is 14.7 Å². The number of aliphatic hydroxyl groups excluding tert-OH is 1. The summed E-state index contributed by atoms with van der Waals surface area (Å²) in [6.07, 6.45) is 84.5. The largest absolute Gasteiger partial charge is 0.462 e. The lowest BCUT2D eigenvalue weighted by Crippen LogP contribution is -2.28. The van der Waals surface area contributed by atoms with Crippen LogP contribution >= 0.6 is 0 Å². The number of ether oxygens (including phenoxy) is 2. The Morgan fingerprint density at radius 2 is 0.588 bits per heavy atom. The van der Waals surface area contributed by atoms with Gasteiger partial charge in [-0.3, -0.25) is 9.59 Å². The van der Waals surface area contributed by atoms with Crippen LogP contribution in [0.4, 0.5) is 0 Å². The summed E-state index contributed by atoms with van der Waals surface area (Å²) in [7, 11) is 0. The standard InChI is InChI=1S/C63H104O5/c1-3-5-7-9-11-13-15-17-19-21-23-24-25-26-27-28-29-30-31-32-33-34-35-36-37-38-40-42-44-46-48-50-52-54-56-58-63(66)68-61(59-64)60-67-62(65)57-55-53-51-49-47-45-43-41-39-22-20-18-16-14-12-10-8-6-4-2/h5-8,11-14,17-20,23-24,26-27,29-30,39,41,61,64H,3-4,9-10,15-16,21-22,25,28,31-38,40,42-60H2,1-2H3/b7-5-,8-6-,13-11-,14-12-,19-17-,20-18-,24-23-,27-26-,30-29-,41-39-. The minimum absolute atomic E-state index is 0.0782. The summed E-state index contributed by atoms with van der Waals surface area (Å²) in [4.78, 5) is 24.5. The van der Waals surface area contributed by atoms with Crippen LogP contribution in [0.3, 0.4) is 0 Å². The lowest BCUT2D eigenvalue weighted by Gasteiger charge is -2.15. The van der Waals surface area contributed by atoms with Crippen molar-refractivity contribution in [2.75, 3.05) is 13.2 Å². The second-order valence-electron chi connectivity index (χ2n) is 18.2. The van der Waals surface area contributed by atoms with E-state index >= 15 is 0 Å². The molecule has 0 fully saturated rings. The van der Waals surface area contributed by atoms with E-state index in [4.69, 9.17) is 9.47 Å². The fraction of sp³-hybridized carbons (Fsp3) is 0.651. The van der Waals surface area contributed by atoms with Gasteiger partial charge in [0.1, 0.15) is 6.61 Å². The Bertz CT molecular complexity index is 1390. The van der Waals surface area contributed by atoms with Crippen molar-refractivity contribution in [3.8, 4) is 0 Å². The van der Waals surface area contributed by atoms with E-state index in [0.717, 1.165) is 109 Å². The van der Waals surface area contributed by atoms with Crippen LogP contribution in [0.25, 0.3) is 0 Å². The Labute approximate surface area is 420 Å². The van der Waals surface area contributed by atoms with Gasteiger partial charge in [0.25, 0.3) is 0 Å². The molecule has 1 atom stereocenters. The van der Waals surface area contributed by atoms with Gasteiger partial charge in [-0.1, -0.05) is 251 Å². The Hall–Kier alpha value is -3.70. The van der Waals surface area contributed by atoms with Crippen LogP contribution < -0.4 is 0 Å². The number of hydrogen-bond acceptors (Lipinski definition) is 5. The van der Waals surface area contributed by atoms with Gasteiger partial charge in [0.15, 0.2) is 6.10 Å². The molecule has 0 aromatic heterocycles. The zero-order valence-electron chi connectivity index (χ0n) is 44.1. The van der Waals surface area contributed by atoms with Crippen molar-refractivity contribution in [1.82, 2.24) is 0 Å². The first-order valence-corrected chi connectivity index (χ1v) is 28.1. The quantitative estimate of drug-likeness (QED) is 0.0374. The molecule has 68 heavy (non-hydrogen) atoms. The second-order valence-corrected chi connectivity index (χ2v) is 18.2. The number of esters is 2. The average Bonchev–Trinajstić information content (AvgIpc) is 3.34. The number of carbonyl (C=O) groups is 2. The van der Waals surface area contributed by atoms with E-state index < -0.39 is 6.10 Å². The number of allylic oxidation sites excluding steroid dienone is 20. The fourth-order valence-corrected chi connectivity index (χ4v) is 7.61. The van der Waals surface area contributed by atoms with Crippen molar-refractivity contribution in [2.24, 2.45) is 0 Å². The summed E-state index contributed by atoms with van der Waals surface area (Å²) in [6.45, 7) is 3.91. The maximum atomic E-state index is 12.3. The van der Waals surface area contributed by atoms with E-state index in [-0.39, 0.29) is 25.2 Å². The van der Waals surface area contributed by atoms with Crippen LogP contribution in [0.2, 0.25) is 0 Å². The highest BCUT2D eigenvalue weighted by atomic mass is 16.6. The number of rotatable bonds is 50. The minimum Gasteiger partial charge on any atom is -0.462 e. The molecule has 1 N–H and O–H groups in total. The van der Waals surface area contributed by atoms with Crippen LogP contribution in [-0.4, -0.2) is 36.4 Å². The second kappa shape index (κ2) is 57.6. The lowest BCUT2D eigenvalue weighted by atomic mass is 10.0. The highest BCUT2D eigenvalue weighted by molar-refractivity contribution is 5.70. The summed E-state index contributed by atoms with van der Waals surface area (Å²) in [5.74, 6) is -0.608. The van der Waals surface area contributed by atoms with Crippen LogP contribution in [0.5, 0.6) is 0 Å². The Kier molecular flexibility index (Phi) is 54.5. The molecule has 5 nitrogen and oxygen atoms in total.